The molecule has 8 aromatic rings. The van der Waals surface area contributed by atoms with E-state index in [1.54, 1.807) is 0 Å². The maximum absolute atomic E-state index is 6.15. The molecule has 0 saturated heterocycles. The van der Waals surface area contributed by atoms with Gasteiger partial charge in [-0.3, -0.25) is 0 Å². The van der Waals surface area contributed by atoms with Crippen molar-refractivity contribution in [2.75, 3.05) is 4.90 Å². The van der Waals surface area contributed by atoms with Gasteiger partial charge < -0.3 is 9.32 Å². The van der Waals surface area contributed by atoms with Crippen LogP contribution in [-0.2, 0) is 0 Å². The number of rotatable bonds is 6. The van der Waals surface area contributed by atoms with E-state index in [4.69, 9.17) is 9.40 Å². The van der Waals surface area contributed by atoms with Gasteiger partial charge in [0.25, 0.3) is 0 Å². The predicted octanol–water partition coefficient (Wildman–Crippen LogP) is 11.5. The van der Waals surface area contributed by atoms with E-state index in [-0.39, 0.29) is 0 Å². The summed E-state index contributed by atoms with van der Waals surface area (Å²) in [4.78, 5) is 7.20. The third-order valence-corrected chi connectivity index (χ3v) is 8.08. The number of hydrogen-bond donors (Lipinski definition) is 0. The van der Waals surface area contributed by atoms with Gasteiger partial charge in [0.15, 0.2) is 5.58 Å². The Morgan fingerprint density at radius 1 is 0.409 bits per heavy atom. The SMILES string of the molecule is c1ccc(-c2nc3c(-c4ccc(N(c5ccccc5)c5cccc(-c6ccc7ccccc7c6)c5)cc4)cccc3o2)cc1. The van der Waals surface area contributed by atoms with Crippen molar-refractivity contribution in [3.63, 3.8) is 0 Å². The van der Waals surface area contributed by atoms with Crippen molar-refractivity contribution in [2.45, 2.75) is 0 Å². The normalized spacial score (nSPS) is 11.2. The Hall–Kier alpha value is -5.93. The molecule has 44 heavy (non-hydrogen) atoms. The summed E-state index contributed by atoms with van der Waals surface area (Å²) in [7, 11) is 0. The number of fused-ring (bicyclic) bond motifs is 2. The van der Waals surface area contributed by atoms with E-state index < -0.39 is 0 Å². The first-order valence-electron chi connectivity index (χ1n) is 14.8. The zero-order valence-electron chi connectivity index (χ0n) is 24.0. The van der Waals surface area contributed by atoms with Crippen LogP contribution in [0.5, 0.6) is 0 Å². The van der Waals surface area contributed by atoms with Gasteiger partial charge in [0.2, 0.25) is 5.89 Å². The lowest BCUT2D eigenvalue weighted by atomic mass is 10.00. The molecule has 208 valence electrons. The van der Waals surface area contributed by atoms with Crippen molar-refractivity contribution >= 4 is 38.9 Å². The second-order valence-electron chi connectivity index (χ2n) is 10.9. The molecule has 0 amide bonds. The van der Waals surface area contributed by atoms with E-state index in [9.17, 15) is 0 Å². The minimum absolute atomic E-state index is 0.631. The van der Waals surface area contributed by atoms with Crippen LogP contribution in [0.2, 0.25) is 0 Å². The number of nitrogens with zero attached hydrogens (tertiary/aromatic N) is 2. The molecule has 3 nitrogen and oxygen atoms in total. The molecule has 0 bridgehead atoms. The molecule has 0 unspecified atom stereocenters. The molecule has 0 radical (unpaired) electrons. The van der Waals surface area contributed by atoms with Gasteiger partial charge in [0.1, 0.15) is 5.52 Å². The Bertz CT molecular complexity index is 2220. The van der Waals surface area contributed by atoms with Crippen molar-refractivity contribution in [2.24, 2.45) is 0 Å². The average molecular weight is 565 g/mol. The van der Waals surface area contributed by atoms with Crippen LogP contribution in [0.15, 0.2) is 174 Å². The number of para-hydroxylation sites is 2. The van der Waals surface area contributed by atoms with E-state index in [0.29, 0.717) is 5.89 Å². The van der Waals surface area contributed by atoms with Crippen LogP contribution < -0.4 is 4.90 Å². The molecule has 1 heterocycles. The minimum atomic E-state index is 0.631. The van der Waals surface area contributed by atoms with Crippen LogP contribution in [0.4, 0.5) is 17.1 Å². The van der Waals surface area contributed by atoms with Crippen LogP contribution in [0.25, 0.3) is 55.6 Å². The maximum Gasteiger partial charge on any atom is 0.227 e. The summed E-state index contributed by atoms with van der Waals surface area (Å²) in [6.07, 6.45) is 0. The summed E-state index contributed by atoms with van der Waals surface area (Å²) in [6.45, 7) is 0. The first kappa shape index (κ1) is 25.8. The summed E-state index contributed by atoms with van der Waals surface area (Å²) < 4.78 is 6.15. The average Bonchev–Trinajstić information content (AvgIpc) is 3.55. The second kappa shape index (κ2) is 11.0. The molecular weight excluding hydrogens is 536 g/mol. The smallest absolute Gasteiger partial charge is 0.227 e. The summed E-state index contributed by atoms with van der Waals surface area (Å²) in [6, 6.07) is 59.3. The highest BCUT2D eigenvalue weighted by molar-refractivity contribution is 5.93. The molecule has 0 spiro atoms. The second-order valence-corrected chi connectivity index (χ2v) is 10.9. The number of oxazole rings is 1. The molecule has 1 aromatic heterocycles. The molecule has 0 atom stereocenters. The topological polar surface area (TPSA) is 29.3 Å². The summed E-state index contributed by atoms with van der Waals surface area (Å²) in [5.74, 6) is 0.631. The lowest BCUT2D eigenvalue weighted by Gasteiger charge is -2.26. The number of hydrogen-bond acceptors (Lipinski definition) is 3. The largest absolute Gasteiger partial charge is 0.436 e. The standard InChI is InChI=1S/C41H28N2O/c1-3-12-31(13-4-1)41-42-40-38(19-10-20-39(40)44-41)30-23-25-36(26-24-30)43(35-16-5-2-6-17-35)37-18-9-15-33(28-37)34-22-21-29-11-7-8-14-32(29)27-34/h1-28H. The number of aromatic nitrogens is 1. The summed E-state index contributed by atoms with van der Waals surface area (Å²) >= 11 is 0. The highest BCUT2D eigenvalue weighted by atomic mass is 16.3. The Kier molecular flexibility index (Phi) is 6.47. The van der Waals surface area contributed by atoms with Crippen LogP contribution in [-0.4, -0.2) is 4.98 Å². The van der Waals surface area contributed by atoms with Gasteiger partial charge in [-0.2, -0.15) is 0 Å². The Morgan fingerprint density at radius 2 is 1.02 bits per heavy atom. The number of benzene rings is 7. The molecular formula is C41H28N2O. The monoisotopic (exact) mass is 564 g/mol. The molecule has 0 N–H and O–H groups in total. The third kappa shape index (κ3) is 4.81. The fourth-order valence-electron chi connectivity index (χ4n) is 5.89. The first-order chi connectivity index (χ1) is 21.8. The lowest BCUT2D eigenvalue weighted by molar-refractivity contribution is 0.620. The van der Waals surface area contributed by atoms with Crippen LogP contribution in [0, 0.1) is 0 Å². The Balaban J connectivity index is 1.18. The van der Waals surface area contributed by atoms with Gasteiger partial charge in [-0.15, -0.1) is 0 Å². The molecule has 0 aliphatic rings. The van der Waals surface area contributed by atoms with Gasteiger partial charge in [0.05, 0.1) is 0 Å². The highest BCUT2D eigenvalue weighted by Gasteiger charge is 2.16. The molecule has 3 heteroatoms. The molecule has 8 rings (SSSR count). The quantitative estimate of drug-likeness (QED) is 0.201. The zero-order valence-corrected chi connectivity index (χ0v) is 24.0. The van der Waals surface area contributed by atoms with E-state index in [1.165, 1.54) is 21.9 Å². The highest BCUT2D eigenvalue weighted by Crippen LogP contribution is 2.39. The molecule has 0 aliphatic heterocycles. The van der Waals surface area contributed by atoms with Gasteiger partial charge in [0, 0.05) is 28.2 Å². The zero-order chi connectivity index (χ0) is 29.3. The van der Waals surface area contributed by atoms with Crippen molar-refractivity contribution in [3.05, 3.63) is 170 Å². The van der Waals surface area contributed by atoms with Crippen LogP contribution >= 0.6 is 0 Å². The van der Waals surface area contributed by atoms with Crippen molar-refractivity contribution in [3.8, 4) is 33.7 Å². The predicted molar refractivity (Wildman–Crippen MR) is 183 cm³/mol. The van der Waals surface area contributed by atoms with Crippen LogP contribution in [0.1, 0.15) is 0 Å². The van der Waals surface area contributed by atoms with Crippen LogP contribution in [0.3, 0.4) is 0 Å². The van der Waals surface area contributed by atoms with Crippen molar-refractivity contribution < 1.29 is 4.42 Å². The fraction of sp³-hybridized carbons (Fsp3) is 0. The third-order valence-electron chi connectivity index (χ3n) is 8.08. The fourth-order valence-corrected chi connectivity index (χ4v) is 5.89. The van der Waals surface area contributed by atoms with Gasteiger partial charge in [-0.05, 0) is 88.1 Å². The summed E-state index contributed by atoms with van der Waals surface area (Å²) in [5.41, 5.74) is 10.4. The molecule has 7 aromatic carbocycles. The summed E-state index contributed by atoms with van der Waals surface area (Å²) in [5, 5.41) is 2.49. The van der Waals surface area contributed by atoms with Gasteiger partial charge in [-0.1, -0.05) is 109 Å². The molecule has 0 fully saturated rings. The Morgan fingerprint density at radius 3 is 1.84 bits per heavy atom. The van der Waals surface area contributed by atoms with E-state index in [2.05, 4.69) is 132 Å². The lowest BCUT2D eigenvalue weighted by Crippen LogP contribution is -2.09. The van der Waals surface area contributed by atoms with E-state index in [0.717, 1.165) is 44.9 Å². The van der Waals surface area contributed by atoms with Gasteiger partial charge in [-0.25, -0.2) is 4.98 Å². The maximum atomic E-state index is 6.15. The molecule has 0 aliphatic carbocycles. The van der Waals surface area contributed by atoms with E-state index >= 15 is 0 Å². The minimum Gasteiger partial charge on any atom is -0.436 e. The van der Waals surface area contributed by atoms with Crippen molar-refractivity contribution in [1.82, 2.24) is 4.98 Å². The van der Waals surface area contributed by atoms with E-state index in [1.807, 2.05) is 42.5 Å². The van der Waals surface area contributed by atoms with Gasteiger partial charge >= 0.3 is 0 Å². The Labute approximate surface area is 256 Å². The molecule has 0 saturated carbocycles. The number of anilines is 3. The first-order valence-corrected chi connectivity index (χ1v) is 14.8. The van der Waals surface area contributed by atoms with Crippen molar-refractivity contribution in [1.29, 1.82) is 0 Å².